The summed E-state index contributed by atoms with van der Waals surface area (Å²) in [7, 11) is 0. The fraction of sp³-hybridized carbons (Fsp3) is 0.250. The first-order valence-corrected chi connectivity index (χ1v) is 10.5. The highest BCUT2D eigenvalue weighted by Gasteiger charge is 2.12. The van der Waals surface area contributed by atoms with Crippen molar-refractivity contribution in [3.8, 4) is 0 Å². The maximum absolute atomic E-state index is 12.2. The normalized spacial score (nSPS) is 11.8. The molecule has 3 aromatic rings. The summed E-state index contributed by atoms with van der Waals surface area (Å²) in [5.74, 6) is 0.297. The third kappa shape index (κ3) is 5.55. The van der Waals surface area contributed by atoms with E-state index in [1.165, 1.54) is 34.2 Å². The van der Waals surface area contributed by atoms with Gasteiger partial charge in [0.2, 0.25) is 11.0 Å². The highest BCUT2D eigenvalue weighted by molar-refractivity contribution is 8.01. The highest BCUT2D eigenvalue weighted by Crippen LogP contribution is 2.28. The summed E-state index contributed by atoms with van der Waals surface area (Å²) in [6, 6.07) is 16.1. The highest BCUT2D eigenvalue weighted by atomic mass is 32.2. The quantitative estimate of drug-likeness (QED) is 0.556. The number of carbonyl (C=O) groups excluding carboxylic acids is 1. The Balaban J connectivity index is 1.50. The Morgan fingerprint density at radius 2 is 1.89 bits per heavy atom. The van der Waals surface area contributed by atoms with Gasteiger partial charge in [0.1, 0.15) is 0 Å². The van der Waals surface area contributed by atoms with Crippen molar-refractivity contribution in [1.82, 2.24) is 15.5 Å². The number of nitrogens with one attached hydrogen (secondary N) is 2. The van der Waals surface area contributed by atoms with Crippen LogP contribution >= 0.6 is 23.1 Å². The molecule has 0 saturated heterocycles. The number of hydrogen-bond donors (Lipinski definition) is 2. The van der Waals surface area contributed by atoms with Gasteiger partial charge in [-0.05, 0) is 49.6 Å². The molecule has 2 aromatic carbocycles. The third-order valence-electron chi connectivity index (χ3n) is 4.17. The zero-order chi connectivity index (χ0) is 19.2. The van der Waals surface area contributed by atoms with Crippen LogP contribution in [-0.2, 0) is 4.79 Å². The first kappa shape index (κ1) is 19.4. The molecule has 1 aromatic heterocycles. The first-order valence-electron chi connectivity index (χ1n) is 8.66. The molecule has 2 N–H and O–H groups in total. The van der Waals surface area contributed by atoms with Crippen LogP contribution in [0.15, 0.2) is 52.9 Å². The lowest BCUT2D eigenvalue weighted by Gasteiger charge is -2.13. The molecule has 3 rings (SSSR count). The van der Waals surface area contributed by atoms with Gasteiger partial charge < -0.3 is 10.6 Å². The Hall–Kier alpha value is -2.38. The van der Waals surface area contributed by atoms with E-state index in [2.05, 4.69) is 46.8 Å². The van der Waals surface area contributed by atoms with Gasteiger partial charge in [-0.3, -0.25) is 4.79 Å². The number of nitrogens with zero attached hydrogens (tertiary/aromatic N) is 2. The van der Waals surface area contributed by atoms with Crippen LogP contribution in [0.5, 0.6) is 0 Å². The Morgan fingerprint density at radius 1 is 1.11 bits per heavy atom. The van der Waals surface area contributed by atoms with E-state index in [4.69, 9.17) is 0 Å². The minimum atomic E-state index is -0.0183. The van der Waals surface area contributed by atoms with Gasteiger partial charge in [0.05, 0.1) is 11.8 Å². The molecule has 1 amide bonds. The number of aryl methyl sites for hydroxylation is 2. The number of aromatic nitrogens is 2. The van der Waals surface area contributed by atoms with Gasteiger partial charge in [0, 0.05) is 5.69 Å². The first-order chi connectivity index (χ1) is 13.0. The molecule has 0 fully saturated rings. The van der Waals surface area contributed by atoms with E-state index in [-0.39, 0.29) is 11.9 Å². The Kier molecular flexibility index (Phi) is 6.47. The van der Waals surface area contributed by atoms with E-state index >= 15 is 0 Å². The van der Waals surface area contributed by atoms with Gasteiger partial charge in [0.15, 0.2) is 4.34 Å². The number of carbonyl (C=O) groups is 1. The summed E-state index contributed by atoms with van der Waals surface area (Å²) in [6.07, 6.45) is 0. The van der Waals surface area contributed by atoms with Crippen molar-refractivity contribution in [2.24, 2.45) is 0 Å². The van der Waals surface area contributed by atoms with E-state index in [1.807, 2.05) is 43.3 Å². The number of rotatable bonds is 7. The molecule has 0 bridgehead atoms. The maximum atomic E-state index is 12.2. The van der Waals surface area contributed by atoms with E-state index in [1.54, 1.807) is 0 Å². The van der Waals surface area contributed by atoms with Crippen LogP contribution in [-0.4, -0.2) is 21.9 Å². The number of benzene rings is 2. The van der Waals surface area contributed by atoms with Gasteiger partial charge in [-0.1, -0.05) is 59.5 Å². The predicted octanol–water partition coefficient (Wildman–Crippen LogP) is 4.87. The molecule has 0 aliphatic rings. The minimum Gasteiger partial charge on any atom is -0.349 e. The van der Waals surface area contributed by atoms with Crippen molar-refractivity contribution in [3.63, 3.8) is 0 Å². The second-order valence-corrected chi connectivity index (χ2v) is 8.49. The van der Waals surface area contributed by atoms with Crippen LogP contribution in [0.25, 0.3) is 0 Å². The standard InChI is InChI=1S/C20H22N4OS2/c1-13-9-10-17(11-14(13)2)22-19-23-24-20(27-19)26-12-18(25)21-15(3)16-7-5-4-6-8-16/h4-11,15H,12H2,1-3H3,(H,21,25)(H,22,23)/t15-/m1/s1. The molecule has 140 valence electrons. The van der Waals surface area contributed by atoms with Crippen LogP contribution in [0, 0.1) is 13.8 Å². The summed E-state index contributed by atoms with van der Waals surface area (Å²) >= 11 is 2.84. The van der Waals surface area contributed by atoms with Crippen molar-refractivity contribution in [2.45, 2.75) is 31.2 Å². The molecule has 0 aliphatic heterocycles. The summed E-state index contributed by atoms with van der Waals surface area (Å²) < 4.78 is 0.767. The van der Waals surface area contributed by atoms with Gasteiger partial charge in [-0.15, -0.1) is 10.2 Å². The summed E-state index contributed by atoms with van der Waals surface area (Å²) in [5, 5.41) is 15.3. The minimum absolute atomic E-state index is 0.0178. The molecule has 27 heavy (non-hydrogen) atoms. The van der Waals surface area contributed by atoms with Crippen molar-refractivity contribution in [3.05, 3.63) is 65.2 Å². The molecule has 1 atom stereocenters. The van der Waals surface area contributed by atoms with E-state index in [9.17, 15) is 4.79 Å². The Labute approximate surface area is 167 Å². The van der Waals surface area contributed by atoms with E-state index < -0.39 is 0 Å². The van der Waals surface area contributed by atoms with Crippen molar-refractivity contribution >= 4 is 39.8 Å². The molecule has 0 aliphatic carbocycles. The smallest absolute Gasteiger partial charge is 0.230 e. The number of amides is 1. The van der Waals surface area contributed by atoms with Crippen molar-refractivity contribution < 1.29 is 4.79 Å². The lowest BCUT2D eigenvalue weighted by atomic mass is 10.1. The summed E-state index contributed by atoms with van der Waals surface area (Å²) in [5.41, 5.74) is 4.56. The molecule has 1 heterocycles. The van der Waals surface area contributed by atoms with Crippen LogP contribution in [0.4, 0.5) is 10.8 Å². The van der Waals surface area contributed by atoms with Crippen molar-refractivity contribution in [1.29, 1.82) is 0 Å². The molecule has 0 saturated carbocycles. The summed E-state index contributed by atoms with van der Waals surface area (Å²) in [6.45, 7) is 6.15. The van der Waals surface area contributed by atoms with E-state index in [0.717, 1.165) is 20.7 Å². The average molecular weight is 399 g/mol. The third-order valence-corrected chi connectivity index (χ3v) is 6.14. The van der Waals surface area contributed by atoms with Gasteiger partial charge >= 0.3 is 0 Å². The zero-order valence-electron chi connectivity index (χ0n) is 15.5. The van der Waals surface area contributed by atoms with Gasteiger partial charge in [0.25, 0.3) is 0 Å². The Morgan fingerprint density at radius 3 is 2.63 bits per heavy atom. The van der Waals surface area contributed by atoms with Crippen molar-refractivity contribution in [2.75, 3.05) is 11.1 Å². The molecular formula is C20H22N4OS2. The molecule has 7 heteroatoms. The maximum Gasteiger partial charge on any atom is 0.230 e. The molecule has 0 radical (unpaired) electrons. The SMILES string of the molecule is Cc1ccc(Nc2nnc(SCC(=O)N[C@H](C)c3ccccc3)s2)cc1C. The molecule has 5 nitrogen and oxygen atoms in total. The predicted molar refractivity (Wildman–Crippen MR) is 113 cm³/mol. The number of anilines is 2. The fourth-order valence-corrected chi connectivity index (χ4v) is 4.08. The second kappa shape index (κ2) is 9.01. The van der Waals surface area contributed by atoms with Crippen LogP contribution < -0.4 is 10.6 Å². The second-order valence-electron chi connectivity index (χ2n) is 6.29. The van der Waals surface area contributed by atoms with E-state index in [0.29, 0.717) is 5.75 Å². The monoisotopic (exact) mass is 398 g/mol. The number of thioether (sulfide) groups is 1. The average Bonchev–Trinajstić information content (AvgIpc) is 3.11. The topological polar surface area (TPSA) is 66.9 Å². The van der Waals surface area contributed by atoms with Gasteiger partial charge in [-0.25, -0.2) is 0 Å². The number of hydrogen-bond acceptors (Lipinski definition) is 6. The fourth-order valence-electron chi connectivity index (χ4n) is 2.50. The van der Waals surface area contributed by atoms with Crippen LogP contribution in [0.2, 0.25) is 0 Å². The summed E-state index contributed by atoms with van der Waals surface area (Å²) in [4.78, 5) is 12.2. The molecular weight excluding hydrogens is 376 g/mol. The van der Waals surface area contributed by atoms with Crippen LogP contribution in [0.3, 0.4) is 0 Å². The lowest BCUT2D eigenvalue weighted by molar-refractivity contribution is -0.119. The lowest BCUT2D eigenvalue weighted by Crippen LogP contribution is -2.28. The largest absolute Gasteiger partial charge is 0.349 e. The Bertz CT molecular complexity index is 911. The van der Waals surface area contributed by atoms with Crippen LogP contribution in [0.1, 0.15) is 29.7 Å². The zero-order valence-corrected chi connectivity index (χ0v) is 17.2. The molecule has 0 spiro atoms. The molecule has 0 unspecified atom stereocenters. The van der Waals surface area contributed by atoms with Gasteiger partial charge in [-0.2, -0.15) is 0 Å².